The molecule has 1 aromatic carbocycles. The molecule has 0 aliphatic carbocycles. The van der Waals surface area contributed by atoms with Crippen molar-refractivity contribution in [2.75, 3.05) is 45.6 Å². The van der Waals surface area contributed by atoms with Gasteiger partial charge in [0.05, 0.1) is 6.54 Å². The van der Waals surface area contributed by atoms with Gasteiger partial charge in [-0.25, -0.2) is 4.99 Å². The average Bonchev–Trinajstić information content (AvgIpc) is 3.27. The van der Waals surface area contributed by atoms with Crippen LogP contribution >= 0.6 is 35.7 Å². The lowest BCUT2D eigenvalue weighted by atomic mass is 9.88. The van der Waals surface area contributed by atoms with Crippen LogP contribution in [0.1, 0.15) is 43.7 Å². The van der Waals surface area contributed by atoms with Gasteiger partial charge in [-0.2, -0.15) is 0 Å². The van der Waals surface area contributed by atoms with Crippen LogP contribution in [-0.2, 0) is 11.3 Å². The monoisotopic (exact) mass is 532 g/mol. The van der Waals surface area contributed by atoms with E-state index >= 15 is 0 Å². The van der Waals surface area contributed by atoms with Crippen molar-refractivity contribution < 1.29 is 4.74 Å². The van der Waals surface area contributed by atoms with E-state index in [0.717, 1.165) is 45.1 Å². The highest BCUT2D eigenvalue weighted by molar-refractivity contribution is 14.0. The number of guanidine groups is 1. The van der Waals surface area contributed by atoms with Gasteiger partial charge in [0.15, 0.2) is 5.96 Å². The van der Waals surface area contributed by atoms with E-state index in [4.69, 9.17) is 9.73 Å². The Morgan fingerprint density at radius 2 is 1.93 bits per heavy atom. The molecule has 2 fully saturated rings. The van der Waals surface area contributed by atoms with Crippen LogP contribution in [0.5, 0.6) is 0 Å². The Labute approximate surface area is 197 Å². The zero-order valence-electron chi connectivity index (χ0n) is 18.1. The number of rotatable bonds is 7. The summed E-state index contributed by atoms with van der Waals surface area (Å²) in [6, 6.07) is 6.63. The summed E-state index contributed by atoms with van der Waals surface area (Å²) in [5.41, 5.74) is 2.80. The zero-order valence-corrected chi connectivity index (χ0v) is 21.3. The highest BCUT2D eigenvalue weighted by Gasteiger charge is 2.39. The number of nitrogens with one attached hydrogen (secondary N) is 2. The van der Waals surface area contributed by atoms with Crippen molar-refractivity contribution in [2.24, 2.45) is 4.99 Å². The van der Waals surface area contributed by atoms with Crippen molar-refractivity contribution in [3.63, 3.8) is 0 Å². The maximum atomic E-state index is 5.68. The number of aliphatic imine (C=N–C) groups is 1. The average molecular weight is 533 g/mol. The lowest BCUT2D eigenvalue weighted by Crippen LogP contribution is -2.58. The van der Waals surface area contributed by atoms with Crippen LogP contribution in [0.2, 0.25) is 0 Å². The maximum absolute atomic E-state index is 5.68. The minimum absolute atomic E-state index is 0. The number of hydrogen-bond acceptors (Lipinski definition) is 4. The third kappa shape index (κ3) is 6.74. The van der Waals surface area contributed by atoms with Gasteiger partial charge in [-0.3, -0.25) is 4.90 Å². The van der Waals surface area contributed by atoms with E-state index in [-0.39, 0.29) is 29.5 Å². The summed E-state index contributed by atoms with van der Waals surface area (Å²) in [6.45, 7) is 10.9. The van der Waals surface area contributed by atoms with E-state index < -0.39 is 0 Å². The number of thioether (sulfide) groups is 1. The van der Waals surface area contributed by atoms with Crippen LogP contribution in [0.25, 0.3) is 0 Å². The Hall–Kier alpha value is -0.510. The smallest absolute Gasteiger partial charge is 0.191 e. The van der Waals surface area contributed by atoms with E-state index in [1.165, 1.54) is 42.0 Å². The lowest BCUT2D eigenvalue weighted by molar-refractivity contribution is -0.0164. The van der Waals surface area contributed by atoms with Crippen molar-refractivity contribution in [1.82, 2.24) is 15.5 Å². The SMILES string of the molecule is CCNC(=NCc1ccc(C)cc1SC)NCC1(N2CCCC2)CCOCC1.I. The molecule has 2 heterocycles. The van der Waals surface area contributed by atoms with Crippen molar-refractivity contribution in [1.29, 1.82) is 0 Å². The van der Waals surface area contributed by atoms with E-state index in [1.807, 2.05) is 0 Å². The fourth-order valence-corrected chi connectivity index (χ4v) is 4.98. The maximum Gasteiger partial charge on any atom is 0.191 e. The molecule has 0 radical (unpaired) electrons. The molecule has 29 heavy (non-hydrogen) atoms. The van der Waals surface area contributed by atoms with Crippen molar-refractivity contribution in [3.05, 3.63) is 29.3 Å². The first kappa shape index (κ1) is 24.8. The molecule has 7 heteroatoms. The molecule has 0 aromatic heterocycles. The normalized spacial score (nSPS) is 19.6. The first-order chi connectivity index (χ1) is 13.7. The molecule has 0 unspecified atom stereocenters. The van der Waals surface area contributed by atoms with Crippen molar-refractivity contribution in [3.8, 4) is 0 Å². The molecular weight excluding hydrogens is 495 g/mol. The first-order valence-corrected chi connectivity index (χ1v) is 11.9. The van der Waals surface area contributed by atoms with Crippen LogP contribution in [0, 0.1) is 6.92 Å². The first-order valence-electron chi connectivity index (χ1n) is 10.7. The topological polar surface area (TPSA) is 48.9 Å². The molecule has 2 aliphatic heterocycles. The van der Waals surface area contributed by atoms with Crippen molar-refractivity contribution >= 4 is 41.7 Å². The highest BCUT2D eigenvalue weighted by Crippen LogP contribution is 2.30. The van der Waals surface area contributed by atoms with E-state index in [9.17, 15) is 0 Å². The predicted octanol–water partition coefficient (Wildman–Crippen LogP) is 4.04. The van der Waals surface area contributed by atoms with Crippen LogP contribution in [-0.4, -0.2) is 62.0 Å². The van der Waals surface area contributed by atoms with Crippen LogP contribution in [0.15, 0.2) is 28.1 Å². The molecule has 3 rings (SSSR count). The van der Waals surface area contributed by atoms with Gasteiger partial charge < -0.3 is 15.4 Å². The van der Waals surface area contributed by atoms with Crippen LogP contribution in [0.3, 0.4) is 0 Å². The van der Waals surface area contributed by atoms with Crippen LogP contribution in [0.4, 0.5) is 0 Å². The molecule has 0 bridgehead atoms. The van der Waals surface area contributed by atoms with Gasteiger partial charge in [-0.05, 0) is 76.1 Å². The number of aryl methyl sites for hydroxylation is 1. The predicted molar refractivity (Wildman–Crippen MR) is 135 cm³/mol. The van der Waals surface area contributed by atoms with Gasteiger partial charge in [0.1, 0.15) is 0 Å². The summed E-state index contributed by atoms with van der Waals surface area (Å²) >= 11 is 1.80. The number of benzene rings is 1. The van der Waals surface area contributed by atoms with Gasteiger partial charge >= 0.3 is 0 Å². The van der Waals surface area contributed by atoms with Gasteiger partial charge in [0, 0.05) is 36.7 Å². The molecule has 0 atom stereocenters. The molecule has 2 N–H and O–H groups in total. The summed E-state index contributed by atoms with van der Waals surface area (Å²) in [5, 5.41) is 7.09. The Balaban J connectivity index is 0.00000300. The number of likely N-dealkylation sites (tertiary alicyclic amines) is 1. The second-order valence-electron chi connectivity index (χ2n) is 7.89. The lowest BCUT2D eigenvalue weighted by Gasteiger charge is -2.45. The quantitative estimate of drug-likeness (QED) is 0.240. The Morgan fingerprint density at radius 3 is 2.59 bits per heavy atom. The molecule has 0 amide bonds. The van der Waals surface area contributed by atoms with Gasteiger partial charge in [0.2, 0.25) is 0 Å². The van der Waals surface area contributed by atoms with Gasteiger partial charge in [0.25, 0.3) is 0 Å². The molecule has 0 spiro atoms. The third-order valence-corrected chi connectivity index (χ3v) is 6.80. The molecule has 164 valence electrons. The summed E-state index contributed by atoms with van der Waals surface area (Å²) in [4.78, 5) is 8.90. The second-order valence-corrected chi connectivity index (χ2v) is 8.74. The molecule has 1 aromatic rings. The highest BCUT2D eigenvalue weighted by atomic mass is 127. The van der Waals surface area contributed by atoms with Gasteiger partial charge in [-0.1, -0.05) is 12.1 Å². The van der Waals surface area contributed by atoms with Crippen LogP contribution < -0.4 is 10.6 Å². The molecule has 0 saturated carbocycles. The Bertz CT molecular complexity index is 658. The van der Waals surface area contributed by atoms with E-state index in [2.05, 4.69) is 53.8 Å². The Morgan fingerprint density at radius 1 is 1.21 bits per heavy atom. The minimum Gasteiger partial charge on any atom is -0.381 e. The van der Waals surface area contributed by atoms with Crippen molar-refractivity contribution in [2.45, 2.75) is 56.5 Å². The Kier molecular flexibility index (Phi) is 10.6. The fraction of sp³-hybridized carbons (Fsp3) is 0.682. The minimum atomic E-state index is 0. The summed E-state index contributed by atoms with van der Waals surface area (Å²) in [5.74, 6) is 0.917. The zero-order chi connectivity index (χ0) is 19.8. The summed E-state index contributed by atoms with van der Waals surface area (Å²) < 4.78 is 5.68. The molecular formula is C22H37IN4OS. The standard InChI is InChI=1S/C22H36N4OS.HI/c1-4-23-21(24-16-19-8-7-18(2)15-20(19)28-3)25-17-22(9-13-27-14-10-22)26-11-5-6-12-26;/h7-8,15H,4-6,9-14,16-17H2,1-3H3,(H2,23,24,25);1H. The summed E-state index contributed by atoms with van der Waals surface area (Å²) in [6.07, 6.45) is 6.99. The van der Waals surface area contributed by atoms with Gasteiger partial charge in [-0.15, -0.1) is 35.7 Å². The van der Waals surface area contributed by atoms with E-state index in [1.54, 1.807) is 11.8 Å². The second kappa shape index (κ2) is 12.4. The number of ether oxygens (including phenoxy) is 1. The number of hydrogen-bond donors (Lipinski definition) is 2. The third-order valence-electron chi connectivity index (χ3n) is 5.98. The summed E-state index contributed by atoms with van der Waals surface area (Å²) in [7, 11) is 0. The largest absolute Gasteiger partial charge is 0.381 e. The molecule has 2 saturated heterocycles. The number of nitrogens with zero attached hydrogens (tertiary/aromatic N) is 2. The fourth-order valence-electron chi connectivity index (χ4n) is 4.28. The van der Waals surface area contributed by atoms with E-state index in [0.29, 0.717) is 6.54 Å². The molecule has 2 aliphatic rings. The molecule has 5 nitrogen and oxygen atoms in total. The number of halogens is 1.